The summed E-state index contributed by atoms with van der Waals surface area (Å²) in [5, 5.41) is 3.73. The molecule has 1 N–H and O–H groups in total. The minimum Gasteiger partial charge on any atom is -0.368 e. The summed E-state index contributed by atoms with van der Waals surface area (Å²) >= 11 is 7.43. The van der Waals surface area contributed by atoms with Crippen LogP contribution in [0.3, 0.4) is 0 Å². The highest BCUT2D eigenvalue weighted by molar-refractivity contribution is 7.00. The number of nitrogens with one attached hydrogen (secondary N) is 1. The molecule has 134 valence electrons. The number of nitrogens with zero attached hydrogens (tertiary/aromatic N) is 4. The lowest BCUT2D eigenvalue weighted by molar-refractivity contribution is -0.117. The maximum atomic E-state index is 12.4. The molecule has 1 fully saturated rings. The lowest BCUT2D eigenvalue weighted by Gasteiger charge is -2.36. The Morgan fingerprint density at radius 1 is 1.08 bits per heavy atom. The second-order valence-electron chi connectivity index (χ2n) is 6.20. The second kappa shape index (κ2) is 7.57. The van der Waals surface area contributed by atoms with Gasteiger partial charge >= 0.3 is 0 Å². The second-order valence-corrected chi connectivity index (χ2v) is 7.14. The largest absolute Gasteiger partial charge is 0.368 e. The van der Waals surface area contributed by atoms with Gasteiger partial charge in [0.25, 0.3) is 0 Å². The Balaban J connectivity index is 1.34. The van der Waals surface area contributed by atoms with Gasteiger partial charge in [-0.3, -0.25) is 9.69 Å². The van der Waals surface area contributed by atoms with Gasteiger partial charge in [0.15, 0.2) is 0 Å². The van der Waals surface area contributed by atoms with E-state index in [1.807, 2.05) is 42.5 Å². The van der Waals surface area contributed by atoms with Crippen molar-refractivity contribution < 1.29 is 4.79 Å². The van der Waals surface area contributed by atoms with Gasteiger partial charge in [0.2, 0.25) is 5.91 Å². The first kappa shape index (κ1) is 17.2. The normalized spacial score (nSPS) is 15.3. The van der Waals surface area contributed by atoms with Crippen LogP contribution in [0.25, 0.3) is 11.0 Å². The SMILES string of the molecule is O=C(CN1CCN(c2ccccc2Cl)CC1)Nc1cccc2nsnc12. The molecule has 1 saturated heterocycles. The topological polar surface area (TPSA) is 61.4 Å². The highest BCUT2D eigenvalue weighted by Gasteiger charge is 2.20. The summed E-state index contributed by atoms with van der Waals surface area (Å²) in [4.78, 5) is 16.8. The average molecular weight is 388 g/mol. The van der Waals surface area contributed by atoms with E-state index in [1.54, 1.807) is 0 Å². The minimum atomic E-state index is -0.0308. The van der Waals surface area contributed by atoms with E-state index < -0.39 is 0 Å². The molecule has 0 radical (unpaired) electrons. The number of fused-ring (bicyclic) bond motifs is 1. The van der Waals surface area contributed by atoms with Crippen LogP contribution in [0, 0.1) is 0 Å². The molecule has 0 aliphatic carbocycles. The van der Waals surface area contributed by atoms with Gasteiger partial charge in [-0.1, -0.05) is 29.8 Å². The van der Waals surface area contributed by atoms with Crippen LogP contribution in [-0.4, -0.2) is 52.3 Å². The van der Waals surface area contributed by atoms with Crippen molar-refractivity contribution in [2.75, 3.05) is 42.9 Å². The van der Waals surface area contributed by atoms with Gasteiger partial charge < -0.3 is 10.2 Å². The predicted octanol–water partition coefficient (Wildman–Crippen LogP) is 3.11. The highest BCUT2D eigenvalue weighted by Crippen LogP contribution is 2.26. The summed E-state index contributed by atoms with van der Waals surface area (Å²) in [5.74, 6) is -0.0308. The molecule has 26 heavy (non-hydrogen) atoms. The maximum Gasteiger partial charge on any atom is 0.238 e. The van der Waals surface area contributed by atoms with Crippen LogP contribution in [0.15, 0.2) is 42.5 Å². The third kappa shape index (κ3) is 3.65. The summed E-state index contributed by atoms with van der Waals surface area (Å²) in [6.45, 7) is 3.71. The zero-order chi connectivity index (χ0) is 17.9. The van der Waals surface area contributed by atoms with E-state index in [0.29, 0.717) is 6.54 Å². The zero-order valence-corrected chi connectivity index (χ0v) is 15.6. The smallest absolute Gasteiger partial charge is 0.238 e. The molecule has 8 heteroatoms. The van der Waals surface area contributed by atoms with E-state index in [9.17, 15) is 4.79 Å². The molecule has 2 heterocycles. The molecule has 1 aromatic heterocycles. The van der Waals surface area contributed by atoms with Crippen LogP contribution in [0.2, 0.25) is 5.02 Å². The van der Waals surface area contributed by atoms with E-state index in [2.05, 4.69) is 23.9 Å². The standard InChI is InChI=1S/C18H18ClN5OS/c19-13-4-1-2-7-16(13)24-10-8-23(9-11-24)12-17(25)20-14-5-3-6-15-18(14)22-26-21-15/h1-7H,8-12H2,(H,20,25). The fourth-order valence-electron chi connectivity index (χ4n) is 3.15. The highest BCUT2D eigenvalue weighted by atomic mass is 35.5. The molecule has 0 bridgehead atoms. The molecular formula is C18H18ClN5OS. The van der Waals surface area contributed by atoms with Crippen LogP contribution >= 0.6 is 23.3 Å². The third-order valence-electron chi connectivity index (χ3n) is 4.49. The quantitative estimate of drug-likeness (QED) is 0.745. The first-order chi connectivity index (χ1) is 12.7. The van der Waals surface area contributed by atoms with Gasteiger partial charge in [-0.05, 0) is 24.3 Å². The molecule has 0 atom stereocenters. The number of hydrogen-bond acceptors (Lipinski definition) is 6. The molecule has 1 amide bonds. The van der Waals surface area contributed by atoms with Crippen molar-refractivity contribution in [3.63, 3.8) is 0 Å². The number of benzene rings is 2. The number of piperazine rings is 1. The summed E-state index contributed by atoms with van der Waals surface area (Å²) < 4.78 is 8.45. The van der Waals surface area contributed by atoms with Gasteiger partial charge in [0.1, 0.15) is 11.0 Å². The number of anilines is 2. The average Bonchev–Trinajstić information content (AvgIpc) is 3.13. The van der Waals surface area contributed by atoms with Crippen LogP contribution in [0.5, 0.6) is 0 Å². The number of hydrogen-bond donors (Lipinski definition) is 1. The van der Waals surface area contributed by atoms with Crippen molar-refractivity contribution in [1.82, 2.24) is 13.6 Å². The van der Waals surface area contributed by atoms with Crippen molar-refractivity contribution in [2.24, 2.45) is 0 Å². The molecule has 1 aliphatic heterocycles. The first-order valence-corrected chi connectivity index (χ1v) is 9.54. The lowest BCUT2D eigenvalue weighted by Crippen LogP contribution is -2.48. The molecular weight excluding hydrogens is 370 g/mol. The van der Waals surface area contributed by atoms with Crippen molar-refractivity contribution >= 4 is 51.6 Å². The number of carbonyl (C=O) groups is 1. The molecule has 1 aliphatic rings. The van der Waals surface area contributed by atoms with Gasteiger partial charge in [0.05, 0.1) is 34.7 Å². The van der Waals surface area contributed by atoms with Gasteiger partial charge in [0, 0.05) is 26.2 Å². The van der Waals surface area contributed by atoms with Gasteiger partial charge in [-0.15, -0.1) is 0 Å². The zero-order valence-electron chi connectivity index (χ0n) is 14.1. The third-order valence-corrected chi connectivity index (χ3v) is 5.35. The number of rotatable bonds is 4. The number of carbonyl (C=O) groups excluding carboxylic acids is 1. The number of aromatic nitrogens is 2. The Labute approximate surface area is 160 Å². The summed E-state index contributed by atoms with van der Waals surface area (Å²) in [6.07, 6.45) is 0. The predicted molar refractivity (Wildman–Crippen MR) is 106 cm³/mol. The molecule has 6 nitrogen and oxygen atoms in total. The molecule has 4 rings (SSSR count). The van der Waals surface area contributed by atoms with Crippen molar-refractivity contribution in [3.8, 4) is 0 Å². The van der Waals surface area contributed by atoms with Gasteiger partial charge in [-0.2, -0.15) is 8.75 Å². The Hall–Kier alpha value is -2.22. The Morgan fingerprint density at radius 2 is 1.88 bits per heavy atom. The van der Waals surface area contributed by atoms with E-state index in [-0.39, 0.29) is 5.91 Å². The fourth-order valence-corrected chi connectivity index (χ4v) is 3.96. The molecule has 0 spiro atoms. The first-order valence-electron chi connectivity index (χ1n) is 8.44. The van der Waals surface area contributed by atoms with Crippen LogP contribution in [-0.2, 0) is 4.79 Å². The minimum absolute atomic E-state index is 0.0308. The fraction of sp³-hybridized carbons (Fsp3) is 0.278. The van der Waals surface area contributed by atoms with E-state index in [0.717, 1.165) is 65.3 Å². The maximum absolute atomic E-state index is 12.4. The Kier molecular flexibility index (Phi) is 5.01. The monoisotopic (exact) mass is 387 g/mol. The molecule has 2 aromatic carbocycles. The Bertz CT molecular complexity index is 923. The Morgan fingerprint density at radius 3 is 2.69 bits per heavy atom. The number of para-hydroxylation sites is 1. The summed E-state index contributed by atoms with van der Waals surface area (Å²) in [6, 6.07) is 13.5. The van der Waals surface area contributed by atoms with Crippen molar-refractivity contribution in [3.05, 3.63) is 47.5 Å². The van der Waals surface area contributed by atoms with Crippen LogP contribution < -0.4 is 10.2 Å². The number of amides is 1. The molecule has 3 aromatic rings. The molecule has 0 unspecified atom stereocenters. The van der Waals surface area contributed by atoms with E-state index >= 15 is 0 Å². The molecule has 0 saturated carbocycles. The van der Waals surface area contributed by atoms with E-state index in [4.69, 9.17) is 11.6 Å². The van der Waals surface area contributed by atoms with Gasteiger partial charge in [-0.25, -0.2) is 0 Å². The van der Waals surface area contributed by atoms with Crippen LogP contribution in [0.4, 0.5) is 11.4 Å². The summed E-state index contributed by atoms with van der Waals surface area (Å²) in [5.41, 5.74) is 3.33. The summed E-state index contributed by atoms with van der Waals surface area (Å²) in [7, 11) is 0. The van der Waals surface area contributed by atoms with Crippen LogP contribution in [0.1, 0.15) is 0 Å². The van der Waals surface area contributed by atoms with Crippen molar-refractivity contribution in [2.45, 2.75) is 0 Å². The lowest BCUT2D eigenvalue weighted by atomic mass is 10.2. The number of halogens is 1. The van der Waals surface area contributed by atoms with E-state index in [1.165, 1.54) is 0 Å². The van der Waals surface area contributed by atoms with Crippen molar-refractivity contribution in [1.29, 1.82) is 0 Å².